The Labute approximate surface area is 94.0 Å². The van der Waals surface area contributed by atoms with E-state index in [2.05, 4.69) is 10.5 Å². The normalized spacial score (nSPS) is 11.1. The van der Waals surface area contributed by atoms with Crippen LogP contribution >= 0.6 is 0 Å². The molecule has 0 radical (unpaired) electrons. The maximum Gasteiger partial charge on any atom is 0.220 e. The van der Waals surface area contributed by atoms with Crippen LogP contribution in [0.25, 0.3) is 0 Å². The predicted molar refractivity (Wildman–Crippen MR) is 61.2 cm³/mol. The lowest BCUT2D eigenvalue weighted by atomic mass is 10.1. The molecule has 0 saturated carbocycles. The van der Waals surface area contributed by atoms with Gasteiger partial charge in [-0.15, -0.1) is 0 Å². The zero-order chi connectivity index (χ0) is 11.8. The van der Waals surface area contributed by atoms with Crippen LogP contribution in [0, 0.1) is 0 Å². The highest BCUT2D eigenvalue weighted by Gasteiger charge is 2.02. The average molecular weight is 221 g/mol. The molecule has 1 aromatic carbocycles. The zero-order valence-electron chi connectivity index (χ0n) is 8.89. The molecule has 0 saturated heterocycles. The van der Waals surface area contributed by atoms with E-state index >= 15 is 0 Å². The summed E-state index contributed by atoms with van der Waals surface area (Å²) in [4.78, 5) is 11.3. The van der Waals surface area contributed by atoms with Gasteiger partial charge in [-0.05, 0) is 12.0 Å². The number of benzene rings is 1. The average Bonchev–Trinajstić information content (AvgIpc) is 2.34. The molecular formula is C11H15N3O2. The molecule has 1 aromatic rings. The number of nitrogens with one attached hydrogen (secondary N) is 1. The smallest absolute Gasteiger partial charge is 0.220 e. The summed E-state index contributed by atoms with van der Waals surface area (Å²) in [5.41, 5.74) is 6.33. The largest absolute Gasteiger partial charge is 0.409 e. The molecule has 16 heavy (non-hydrogen) atoms. The Morgan fingerprint density at radius 1 is 1.38 bits per heavy atom. The number of aryl methyl sites for hydroxylation is 1. The van der Waals surface area contributed by atoms with Gasteiger partial charge in [-0.2, -0.15) is 0 Å². The molecule has 0 aromatic heterocycles. The third kappa shape index (κ3) is 4.45. The Morgan fingerprint density at radius 3 is 2.69 bits per heavy atom. The topological polar surface area (TPSA) is 87.7 Å². The van der Waals surface area contributed by atoms with Crippen molar-refractivity contribution < 1.29 is 10.0 Å². The highest BCUT2D eigenvalue weighted by molar-refractivity contribution is 5.86. The van der Waals surface area contributed by atoms with Gasteiger partial charge in [0.25, 0.3) is 0 Å². The van der Waals surface area contributed by atoms with E-state index < -0.39 is 0 Å². The van der Waals surface area contributed by atoms with Gasteiger partial charge < -0.3 is 16.3 Å². The number of nitrogens with two attached hydrogens (primary N) is 1. The van der Waals surface area contributed by atoms with Gasteiger partial charge in [-0.1, -0.05) is 35.5 Å². The second kappa shape index (κ2) is 6.44. The minimum absolute atomic E-state index is 0.00642. The highest BCUT2D eigenvalue weighted by Crippen LogP contribution is 2.01. The van der Waals surface area contributed by atoms with E-state index in [1.807, 2.05) is 30.3 Å². The fraction of sp³-hybridized carbons (Fsp3) is 0.273. The number of hydrogen-bond acceptors (Lipinski definition) is 3. The maximum atomic E-state index is 11.3. The van der Waals surface area contributed by atoms with Gasteiger partial charge in [0.2, 0.25) is 5.91 Å². The number of amides is 1. The molecule has 5 heteroatoms. The fourth-order valence-electron chi connectivity index (χ4n) is 1.22. The number of nitrogens with zero attached hydrogens (tertiary/aromatic N) is 1. The Kier molecular flexibility index (Phi) is 4.85. The molecule has 1 amide bonds. The molecule has 0 atom stereocenters. The second-order valence-electron chi connectivity index (χ2n) is 3.35. The summed E-state index contributed by atoms with van der Waals surface area (Å²) >= 11 is 0. The Balaban J connectivity index is 2.26. The van der Waals surface area contributed by atoms with Gasteiger partial charge in [0.15, 0.2) is 5.84 Å². The van der Waals surface area contributed by atoms with Crippen molar-refractivity contribution in [2.45, 2.75) is 12.8 Å². The summed E-state index contributed by atoms with van der Waals surface area (Å²) in [7, 11) is 0. The first kappa shape index (κ1) is 12.0. The van der Waals surface area contributed by atoms with Crippen molar-refractivity contribution in [2.75, 3.05) is 6.54 Å². The maximum absolute atomic E-state index is 11.3. The van der Waals surface area contributed by atoms with Crippen molar-refractivity contribution in [1.29, 1.82) is 0 Å². The Morgan fingerprint density at radius 2 is 2.06 bits per heavy atom. The van der Waals surface area contributed by atoms with Gasteiger partial charge in [0, 0.05) is 6.42 Å². The van der Waals surface area contributed by atoms with Crippen LogP contribution in [-0.4, -0.2) is 23.5 Å². The van der Waals surface area contributed by atoms with Crippen LogP contribution in [0.1, 0.15) is 12.0 Å². The number of carbonyl (C=O) groups excluding carboxylic acids is 1. The lowest BCUT2D eigenvalue weighted by Gasteiger charge is -2.03. The monoisotopic (exact) mass is 221 g/mol. The fourth-order valence-corrected chi connectivity index (χ4v) is 1.22. The molecule has 1 rings (SSSR count). The van der Waals surface area contributed by atoms with E-state index in [9.17, 15) is 4.79 Å². The van der Waals surface area contributed by atoms with Crippen LogP contribution < -0.4 is 11.1 Å². The van der Waals surface area contributed by atoms with Gasteiger partial charge >= 0.3 is 0 Å². The van der Waals surface area contributed by atoms with Gasteiger partial charge in [0.05, 0.1) is 6.54 Å². The first-order valence-electron chi connectivity index (χ1n) is 4.99. The van der Waals surface area contributed by atoms with Crippen molar-refractivity contribution in [3.8, 4) is 0 Å². The third-order valence-electron chi connectivity index (χ3n) is 2.08. The summed E-state index contributed by atoms with van der Waals surface area (Å²) in [6.45, 7) is 0.0735. The van der Waals surface area contributed by atoms with Crippen LogP contribution in [0.2, 0.25) is 0 Å². The predicted octanol–water partition coefficient (Wildman–Crippen LogP) is 0.482. The molecule has 86 valence electrons. The van der Waals surface area contributed by atoms with E-state index in [-0.39, 0.29) is 18.3 Å². The minimum Gasteiger partial charge on any atom is -0.409 e. The highest BCUT2D eigenvalue weighted by atomic mass is 16.4. The van der Waals surface area contributed by atoms with Crippen LogP contribution in [0.3, 0.4) is 0 Å². The quantitative estimate of drug-likeness (QED) is 0.292. The van der Waals surface area contributed by atoms with Crippen molar-refractivity contribution >= 4 is 11.7 Å². The summed E-state index contributed by atoms with van der Waals surface area (Å²) in [6.07, 6.45) is 1.07. The number of amidine groups is 1. The molecule has 0 fully saturated rings. The van der Waals surface area contributed by atoms with E-state index in [0.29, 0.717) is 12.8 Å². The molecule has 0 spiro atoms. The SMILES string of the molecule is N/C(CNC(=O)CCc1ccccc1)=N/O. The number of oxime groups is 1. The van der Waals surface area contributed by atoms with Crippen LogP contribution in [0.15, 0.2) is 35.5 Å². The van der Waals surface area contributed by atoms with Crippen LogP contribution in [0.5, 0.6) is 0 Å². The molecule has 5 nitrogen and oxygen atoms in total. The number of rotatable bonds is 5. The zero-order valence-corrected chi connectivity index (χ0v) is 8.89. The molecular weight excluding hydrogens is 206 g/mol. The molecule has 0 heterocycles. The van der Waals surface area contributed by atoms with E-state index in [4.69, 9.17) is 10.9 Å². The summed E-state index contributed by atoms with van der Waals surface area (Å²) in [5.74, 6) is -0.122. The molecule has 0 aliphatic heterocycles. The standard InChI is InChI=1S/C11H15N3O2/c12-10(14-16)8-13-11(15)7-6-9-4-2-1-3-5-9/h1-5,16H,6-8H2,(H2,12,14)(H,13,15). The second-order valence-corrected chi connectivity index (χ2v) is 3.35. The molecule has 0 bridgehead atoms. The van der Waals surface area contributed by atoms with Crippen molar-refractivity contribution in [1.82, 2.24) is 5.32 Å². The summed E-state index contributed by atoms with van der Waals surface area (Å²) in [6, 6.07) is 9.74. The summed E-state index contributed by atoms with van der Waals surface area (Å²) < 4.78 is 0. The summed E-state index contributed by atoms with van der Waals surface area (Å²) in [5, 5.41) is 13.6. The van der Waals surface area contributed by atoms with Crippen molar-refractivity contribution in [3.05, 3.63) is 35.9 Å². The first-order valence-corrected chi connectivity index (χ1v) is 4.99. The third-order valence-corrected chi connectivity index (χ3v) is 2.08. The van der Waals surface area contributed by atoms with E-state index in [1.54, 1.807) is 0 Å². The van der Waals surface area contributed by atoms with Crippen LogP contribution in [-0.2, 0) is 11.2 Å². The van der Waals surface area contributed by atoms with Crippen LogP contribution in [0.4, 0.5) is 0 Å². The number of carbonyl (C=O) groups is 1. The van der Waals surface area contributed by atoms with E-state index in [0.717, 1.165) is 5.56 Å². The molecule has 0 aliphatic rings. The van der Waals surface area contributed by atoms with Gasteiger partial charge in [-0.25, -0.2) is 0 Å². The molecule has 0 unspecified atom stereocenters. The van der Waals surface area contributed by atoms with Gasteiger partial charge in [0.1, 0.15) is 0 Å². The Hall–Kier alpha value is -2.04. The number of hydrogen-bond donors (Lipinski definition) is 3. The first-order chi connectivity index (χ1) is 7.72. The lowest BCUT2D eigenvalue weighted by Crippen LogP contribution is -2.33. The van der Waals surface area contributed by atoms with Crippen molar-refractivity contribution in [3.63, 3.8) is 0 Å². The lowest BCUT2D eigenvalue weighted by molar-refractivity contribution is -0.120. The van der Waals surface area contributed by atoms with Gasteiger partial charge in [-0.3, -0.25) is 4.79 Å². The minimum atomic E-state index is -0.115. The Bertz CT molecular complexity index is 363. The molecule has 0 aliphatic carbocycles. The van der Waals surface area contributed by atoms with Crippen molar-refractivity contribution in [2.24, 2.45) is 10.9 Å². The van der Waals surface area contributed by atoms with E-state index in [1.165, 1.54) is 0 Å². The molecule has 4 N–H and O–H groups in total.